The summed E-state index contributed by atoms with van der Waals surface area (Å²) >= 11 is 0. The zero-order valence-corrected chi connectivity index (χ0v) is 11.5. The van der Waals surface area contributed by atoms with Crippen molar-refractivity contribution >= 4 is 5.91 Å². The van der Waals surface area contributed by atoms with Crippen molar-refractivity contribution in [2.45, 2.75) is 6.42 Å². The molecule has 6 heteroatoms. The maximum absolute atomic E-state index is 12.0. The number of imidazole rings is 1. The van der Waals surface area contributed by atoms with E-state index in [4.69, 9.17) is 4.74 Å². The molecule has 20 heavy (non-hydrogen) atoms. The van der Waals surface area contributed by atoms with Crippen molar-refractivity contribution in [3.8, 4) is 11.5 Å². The Bertz CT molecular complexity index is 607. The summed E-state index contributed by atoms with van der Waals surface area (Å²) in [7, 11) is 3.41. The van der Waals surface area contributed by atoms with E-state index < -0.39 is 0 Å². The number of hydrogen-bond donors (Lipinski definition) is 2. The molecule has 0 aliphatic carbocycles. The largest absolute Gasteiger partial charge is 0.507 e. The third-order valence-electron chi connectivity index (χ3n) is 3.00. The van der Waals surface area contributed by atoms with Crippen LogP contribution in [-0.4, -0.2) is 34.2 Å². The Morgan fingerprint density at radius 3 is 2.95 bits per heavy atom. The normalized spacial score (nSPS) is 10.3. The lowest BCUT2D eigenvalue weighted by Gasteiger charge is -2.08. The molecule has 1 amide bonds. The topological polar surface area (TPSA) is 76.4 Å². The molecule has 2 N–H and O–H groups in total. The SMILES string of the molecule is COc1ccc(O)c(C(=O)NCCc2nccn2C)c1. The Labute approximate surface area is 117 Å². The molecule has 2 aromatic rings. The first-order chi connectivity index (χ1) is 9.61. The lowest BCUT2D eigenvalue weighted by Crippen LogP contribution is -2.26. The Hall–Kier alpha value is -2.50. The van der Waals surface area contributed by atoms with Gasteiger partial charge in [-0.25, -0.2) is 4.98 Å². The van der Waals surface area contributed by atoms with Gasteiger partial charge in [0.2, 0.25) is 0 Å². The number of benzene rings is 1. The molecule has 6 nitrogen and oxygen atoms in total. The minimum atomic E-state index is -0.337. The number of carbonyl (C=O) groups excluding carboxylic acids is 1. The van der Waals surface area contributed by atoms with E-state index in [0.717, 1.165) is 5.82 Å². The van der Waals surface area contributed by atoms with Crippen molar-refractivity contribution in [1.82, 2.24) is 14.9 Å². The first-order valence-corrected chi connectivity index (χ1v) is 6.23. The van der Waals surface area contributed by atoms with Crippen molar-refractivity contribution in [2.24, 2.45) is 7.05 Å². The number of phenols is 1. The van der Waals surface area contributed by atoms with E-state index in [9.17, 15) is 9.90 Å². The van der Waals surface area contributed by atoms with Crippen molar-refractivity contribution in [2.75, 3.05) is 13.7 Å². The highest BCUT2D eigenvalue weighted by atomic mass is 16.5. The van der Waals surface area contributed by atoms with Gasteiger partial charge in [0.05, 0.1) is 12.7 Å². The van der Waals surface area contributed by atoms with E-state index in [1.807, 2.05) is 17.8 Å². The predicted molar refractivity (Wildman–Crippen MR) is 73.9 cm³/mol. The molecule has 0 aliphatic rings. The summed E-state index contributed by atoms with van der Waals surface area (Å²) in [6.07, 6.45) is 4.19. The fourth-order valence-corrected chi connectivity index (χ4v) is 1.84. The Kier molecular flexibility index (Phi) is 4.24. The maximum atomic E-state index is 12.0. The maximum Gasteiger partial charge on any atom is 0.255 e. The van der Waals surface area contributed by atoms with Crippen molar-refractivity contribution < 1.29 is 14.6 Å². The number of phenolic OH excluding ortho intramolecular Hbond substituents is 1. The summed E-state index contributed by atoms with van der Waals surface area (Å²) in [5, 5.41) is 12.4. The number of rotatable bonds is 5. The first kappa shape index (κ1) is 13.9. The lowest BCUT2D eigenvalue weighted by atomic mass is 10.1. The van der Waals surface area contributed by atoms with E-state index in [0.29, 0.717) is 18.7 Å². The van der Waals surface area contributed by atoms with Crippen LogP contribution in [0.15, 0.2) is 30.6 Å². The number of nitrogens with one attached hydrogen (secondary N) is 1. The summed E-state index contributed by atoms with van der Waals surface area (Å²) in [5.41, 5.74) is 0.198. The average Bonchev–Trinajstić information content (AvgIpc) is 2.85. The zero-order valence-electron chi connectivity index (χ0n) is 11.5. The highest BCUT2D eigenvalue weighted by molar-refractivity contribution is 5.97. The molecule has 0 saturated carbocycles. The van der Waals surface area contributed by atoms with Gasteiger partial charge in [0.15, 0.2) is 0 Å². The van der Waals surface area contributed by atoms with E-state index in [2.05, 4.69) is 10.3 Å². The molecule has 0 atom stereocenters. The summed E-state index contributed by atoms with van der Waals surface area (Å²) in [5.74, 6) is 1.01. The molecule has 2 rings (SSSR count). The number of aromatic hydroxyl groups is 1. The molecule has 1 aromatic heterocycles. The molecule has 0 bridgehead atoms. The molecule has 1 heterocycles. The Morgan fingerprint density at radius 1 is 1.50 bits per heavy atom. The molecular formula is C14H17N3O3. The smallest absolute Gasteiger partial charge is 0.255 e. The quantitative estimate of drug-likeness (QED) is 0.857. The number of aryl methyl sites for hydroxylation is 1. The van der Waals surface area contributed by atoms with Gasteiger partial charge < -0.3 is 19.7 Å². The van der Waals surface area contributed by atoms with Crippen LogP contribution in [-0.2, 0) is 13.5 Å². The molecule has 0 fully saturated rings. The van der Waals surface area contributed by atoms with Crippen LogP contribution in [0.3, 0.4) is 0 Å². The van der Waals surface area contributed by atoms with Crippen LogP contribution in [0, 0.1) is 0 Å². The third kappa shape index (κ3) is 3.09. The standard InChI is InChI=1S/C14H17N3O3/c1-17-8-7-15-13(17)5-6-16-14(19)11-9-10(20-2)3-4-12(11)18/h3-4,7-9,18H,5-6H2,1-2H3,(H,16,19). The van der Waals surface area contributed by atoms with Crippen LogP contribution in [0.5, 0.6) is 11.5 Å². The zero-order chi connectivity index (χ0) is 14.5. The second-order valence-electron chi connectivity index (χ2n) is 4.34. The number of carbonyl (C=O) groups is 1. The van der Waals surface area contributed by atoms with E-state index in [-0.39, 0.29) is 17.2 Å². The van der Waals surface area contributed by atoms with Crippen LogP contribution in [0.2, 0.25) is 0 Å². The van der Waals surface area contributed by atoms with Gasteiger partial charge >= 0.3 is 0 Å². The van der Waals surface area contributed by atoms with Gasteiger partial charge in [-0.1, -0.05) is 0 Å². The van der Waals surface area contributed by atoms with Gasteiger partial charge in [0.25, 0.3) is 5.91 Å². The van der Waals surface area contributed by atoms with E-state index in [1.54, 1.807) is 12.3 Å². The molecule has 0 radical (unpaired) electrons. The first-order valence-electron chi connectivity index (χ1n) is 6.23. The highest BCUT2D eigenvalue weighted by Crippen LogP contribution is 2.22. The van der Waals surface area contributed by atoms with Gasteiger partial charge in [-0.05, 0) is 18.2 Å². The van der Waals surface area contributed by atoms with Gasteiger partial charge in [-0.3, -0.25) is 4.79 Å². The van der Waals surface area contributed by atoms with Crippen LogP contribution in [0.4, 0.5) is 0 Å². The molecule has 0 saturated heterocycles. The second kappa shape index (κ2) is 6.10. The number of aromatic nitrogens is 2. The van der Waals surface area contributed by atoms with Crippen LogP contribution in [0.25, 0.3) is 0 Å². The second-order valence-corrected chi connectivity index (χ2v) is 4.34. The van der Waals surface area contributed by atoms with Crippen LogP contribution >= 0.6 is 0 Å². The molecule has 1 aromatic carbocycles. The third-order valence-corrected chi connectivity index (χ3v) is 3.00. The van der Waals surface area contributed by atoms with Crippen LogP contribution < -0.4 is 10.1 Å². The Morgan fingerprint density at radius 2 is 2.30 bits per heavy atom. The summed E-state index contributed by atoms with van der Waals surface area (Å²) in [6, 6.07) is 4.54. The van der Waals surface area contributed by atoms with Gasteiger partial charge in [0, 0.05) is 32.4 Å². The fraction of sp³-hybridized carbons (Fsp3) is 0.286. The molecule has 106 valence electrons. The van der Waals surface area contributed by atoms with E-state index >= 15 is 0 Å². The minimum Gasteiger partial charge on any atom is -0.507 e. The van der Waals surface area contributed by atoms with Gasteiger partial charge in [-0.2, -0.15) is 0 Å². The van der Waals surface area contributed by atoms with Gasteiger partial charge in [0.1, 0.15) is 17.3 Å². The Balaban J connectivity index is 1.96. The number of nitrogens with zero attached hydrogens (tertiary/aromatic N) is 2. The molecular weight excluding hydrogens is 258 g/mol. The van der Waals surface area contributed by atoms with Crippen molar-refractivity contribution in [1.29, 1.82) is 0 Å². The highest BCUT2D eigenvalue weighted by Gasteiger charge is 2.12. The van der Waals surface area contributed by atoms with Gasteiger partial charge in [-0.15, -0.1) is 0 Å². The van der Waals surface area contributed by atoms with E-state index in [1.165, 1.54) is 19.2 Å². The minimum absolute atomic E-state index is 0.0692. The number of hydrogen-bond acceptors (Lipinski definition) is 4. The number of ether oxygens (including phenoxy) is 1. The van der Waals surface area contributed by atoms with Crippen molar-refractivity contribution in [3.05, 3.63) is 42.0 Å². The monoisotopic (exact) mass is 275 g/mol. The molecule has 0 spiro atoms. The molecule has 0 aliphatic heterocycles. The predicted octanol–water partition coefficient (Wildman–Crippen LogP) is 1.11. The van der Waals surface area contributed by atoms with Crippen LogP contribution in [0.1, 0.15) is 16.2 Å². The van der Waals surface area contributed by atoms with Crippen molar-refractivity contribution in [3.63, 3.8) is 0 Å². The number of amides is 1. The fourth-order valence-electron chi connectivity index (χ4n) is 1.84. The number of methoxy groups -OCH3 is 1. The lowest BCUT2D eigenvalue weighted by molar-refractivity contribution is 0.0951. The molecule has 0 unspecified atom stereocenters. The summed E-state index contributed by atoms with van der Waals surface area (Å²) in [6.45, 7) is 0.445. The summed E-state index contributed by atoms with van der Waals surface area (Å²) in [4.78, 5) is 16.2. The average molecular weight is 275 g/mol. The summed E-state index contributed by atoms with van der Waals surface area (Å²) < 4.78 is 6.93.